The van der Waals surface area contributed by atoms with Crippen molar-refractivity contribution in [1.29, 1.82) is 0 Å². The second-order valence-electron chi connectivity index (χ2n) is 3.30. The van der Waals surface area contributed by atoms with Crippen LogP contribution < -0.4 is 4.74 Å². The molecule has 0 aliphatic carbocycles. The van der Waals surface area contributed by atoms with E-state index in [4.69, 9.17) is 16.3 Å². The minimum absolute atomic E-state index is 0.136. The number of hydrogen-bond acceptors (Lipinski definition) is 6. The predicted octanol–water partition coefficient (Wildman–Crippen LogP) is 2.25. The van der Waals surface area contributed by atoms with Crippen LogP contribution in [0.5, 0.6) is 5.88 Å². The number of methoxy groups -OCH3 is 1. The van der Waals surface area contributed by atoms with Crippen molar-refractivity contribution in [3.8, 4) is 17.1 Å². The zero-order chi connectivity index (χ0) is 14.0. The van der Waals surface area contributed by atoms with E-state index in [-0.39, 0.29) is 22.3 Å². The zero-order valence-corrected chi connectivity index (χ0v) is 10.3. The van der Waals surface area contributed by atoms with Gasteiger partial charge < -0.3 is 4.74 Å². The molecule has 2 rings (SSSR count). The average molecular weight is 285 g/mol. The standard InChI is InChI=1S/C10H6ClFN4O3/c1-19-10-6(12)5(2-3-13-10)7-8(16(17)18)9(11)15-4-14-7/h2-4H,1H3. The number of nitro groups is 1. The number of nitrogens with zero attached hydrogens (tertiary/aromatic N) is 4. The van der Waals surface area contributed by atoms with E-state index in [1.165, 1.54) is 19.4 Å². The van der Waals surface area contributed by atoms with E-state index in [1.54, 1.807) is 0 Å². The first-order valence-electron chi connectivity index (χ1n) is 4.90. The Morgan fingerprint density at radius 1 is 1.42 bits per heavy atom. The molecule has 2 aromatic rings. The van der Waals surface area contributed by atoms with Crippen LogP contribution in [-0.2, 0) is 0 Å². The number of hydrogen-bond donors (Lipinski definition) is 0. The van der Waals surface area contributed by atoms with E-state index in [1.807, 2.05) is 0 Å². The summed E-state index contributed by atoms with van der Waals surface area (Å²) in [5.74, 6) is -1.15. The van der Waals surface area contributed by atoms with Gasteiger partial charge in [-0.1, -0.05) is 11.6 Å². The van der Waals surface area contributed by atoms with Gasteiger partial charge in [-0.3, -0.25) is 10.1 Å². The van der Waals surface area contributed by atoms with Crippen LogP contribution in [0.15, 0.2) is 18.6 Å². The highest BCUT2D eigenvalue weighted by atomic mass is 35.5. The summed E-state index contributed by atoms with van der Waals surface area (Å²) in [6, 6.07) is 1.24. The van der Waals surface area contributed by atoms with Gasteiger partial charge in [0.2, 0.25) is 5.15 Å². The Morgan fingerprint density at radius 2 is 2.16 bits per heavy atom. The third-order valence-corrected chi connectivity index (χ3v) is 2.54. The van der Waals surface area contributed by atoms with Gasteiger partial charge in [0.05, 0.1) is 17.6 Å². The SMILES string of the molecule is COc1nccc(-c2ncnc(Cl)c2[N+](=O)[O-])c1F. The normalized spacial score (nSPS) is 10.3. The van der Waals surface area contributed by atoms with Crippen molar-refractivity contribution in [3.63, 3.8) is 0 Å². The lowest BCUT2D eigenvalue weighted by Gasteiger charge is -2.06. The highest BCUT2D eigenvalue weighted by Crippen LogP contribution is 2.35. The molecule has 0 unspecified atom stereocenters. The molecule has 2 heterocycles. The first-order chi connectivity index (χ1) is 9.06. The topological polar surface area (TPSA) is 91.0 Å². The van der Waals surface area contributed by atoms with E-state index in [9.17, 15) is 14.5 Å². The second kappa shape index (κ2) is 5.11. The maximum atomic E-state index is 14.0. The first kappa shape index (κ1) is 13.1. The maximum absolute atomic E-state index is 14.0. The number of ether oxygens (including phenoxy) is 1. The number of pyridine rings is 1. The van der Waals surface area contributed by atoms with Crippen LogP contribution in [0.25, 0.3) is 11.3 Å². The van der Waals surface area contributed by atoms with Crippen LogP contribution in [0.4, 0.5) is 10.1 Å². The minimum Gasteiger partial charge on any atom is -0.479 e. The molecule has 0 saturated carbocycles. The molecule has 98 valence electrons. The Kier molecular flexibility index (Phi) is 3.52. The van der Waals surface area contributed by atoms with Crippen molar-refractivity contribution < 1.29 is 14.1 Å². The van der Waals surface area contributed by atoms with Gasteiger partial charge in [-0.15, -0.1) is 0 Å². The lowest BCUT2D eigenvalue weighted by molar-refractivity contribution is -0.384. The summed E-state index contributed by atoms with van der Waals surface area (Å²) in [6.07, 6.45) is 2.26. The minimum atomic E-state index is -0.858. The molecule has 0 aliphatic heterocycles. The largest absolute Gasteiger partial charge is 0.479 e. The van der Waals surface area contributed by atoms with Crippen LogP contribution in [-0.4, -0.2) is 27.0 Å². The lowest BCUT2D eigenvalue weighted by Crippen LogP contribution is -2.01. The van der Waals surface area contributed by atoms with E-state index in [0.29, 0.717) is 0 Å². The van der Waals surface area contributed by atoms with Crippen molar-refractivity contribution in [3.05, 3.63) is 39.7 Å². The van der Waals surface area contributed by atoms with Gasteiger partial charge in [0.15, 0.2) is 11.5 Å². The van der Waals surface area contributed by atoms with Crippen molar-refractivity contribution in [2.24, 2.45) is 0 Å². The Hall–Kier alpha value is -2.35. The van der Waals surface area contributed by atoms with Crippen molar-refractivity contribution in [2.45, 2.75) is 0 Å². The molecule has 0 aliphatic rings. The monoisotopic (exact) mass is 284 g/mol. The molecule has 0 atom stereocenters. The molecular weight excluding hydrogens is 279 g/mol. The molecule has 19 heavy (non-hydrogen) atoms. The predicted molar refractivity (Wildman–Crippen MR) is 63.4 cm³/mol. The maximum Gasteiger partial charge on any atom is 0.332 e. The molecule has 0 fully saturated rings. The number of halogens is 2. The summed E-state index contributed by atoms with van der Waals surface area (Å²) in [7, 11) is 1.23. The Morgan fingerprint density at radius 3 is 2.79 bits per heavy atom. The van der Waals surface area contributed by atoms with Crippen LogP contribution in [0.3, 0.4) is 0 Å². The zero-order valence-electron chi connectivity index (χ0n) is 9.50. The number of aromatic nitrogens is 3. The van der Waals surface area contributed by atoms with E-state index in [2.05, 4.69) is 15.0 Å². The van der Waals surface area contributed by atoms with E-state index < -0.39 is 16.4 Å². The molecule has 0 bridgehead atoms. The highest BCUT2D eigenvalue weighted by Gasteiger charge is 2.26. The molecule has 7 nitrogen and oxygen atoms in total. The summed E-state index contributed by atoms with van der Waals surface area (Å²) in [5.41, 5.74) is -0.942. The van der Waals surface area contributed by atoms with E-state index >= 15 is 0 Å². The summed E-state index contributed by atoms with van der Waals surface area (Å²) in [5, 5.41) is 10.6. The molecular formula is C10H6ClFN4O3. The Balaban J connectivity index is 2.73. The summed E-state index contributed by atoms with van der Waals surface area (Å²) < 4.78 is 18.7. The van der Waals surface area contributed by atoms with Gasteiger partial charge in [-0.2, -0.15) is 0 Å². The molecule has 0 N–H and O–H groups in total. The summed E-state index contributed by atoms with van der Waals surface area (Å²) in [4.78, 5) is 21.0. The molecule has 0 spiro atoms. The van der Waals surface area contributed by atoms with Crippen LogP contribution in [0.1, 0.15) is 0 Å². The third kappa shape index (κ3) is 2.29. The van der Waals surface area contributed by atoms with Crippen molar-refractivity contribution in [1.82, 2.24) is 15.0 Å². The van der Waals surface area contributed by atoms with Gasteiger partial charge in [0.25, 0.3) is 5.88 Å². The fourth-order valence-corrected chi connectivity index (χ4v) is 1.67. The quantitative estimate of drug-likeness (QED) is 0.488. The van der Waals surface area contributed by atoms with Crippen LogP contribution >= 0.6 is 11.6 Å². The van der Waals surface area contributed by atoms with Gasteiger partial charge in [0.1, 0.15) is 6.33 Å². The Labute approximate surface area is 111 Å². The van der Waals surface area contributed by atoms with Crippen molar-refractivity contribution in [2.75, 3.05) is 7.11 Å². The van der Waals surface area contributed by atoms with Crippen molar-refractivity contribution >= 4 is 17.3 Å². The molecule has 0 saturated heterocycles. The molecule has 0 radical (unpaired) electrons. The van der Waals surface area contributed by atoms with E-state index in [0.717, 1.165) is 6.33 Å². The van der Waals surface area contributed by atoms with Crippen LogP contribution in [0, 0.1) is 15.9 Å². The second-order valence-corrected chi connectivity index (χ2v) is 3.66. The summed E-state index contributed by atoms with van der Waals surface area (Å²) >= 11 is 5.64. The first-order valence-corrected chi connectivity index (χ1v) is 5.27. The van der Waals surface area contributed by atoms with Gasteiger partial charge in [-0.25, -0.2) is 19.3 Å². The number of rotatable bonds is 3. The Bertz CT molecular complexity index is 653. The summed E-state index contributed by atoms with van der Waals surface area (Å²) in [6.45, 7) is 0. The highest BCUT2D eigenvalue weighted by molar-refractivity contribution is 6.31. The molecule has 0 aromatic carbocycles. The van der Waals surface area contributed by atoms with Gasteiger partial charge >= 0.3 is 5.69 Å². The smallest absolute Gasteiger partial charge is 0.332 e. The van der Waals surface area contributed by atoms with Crippen LogP contribution in [0.2, 0.25) is 5.15 Å². The fraction of sp³-hybridized carbons (Fsp3) is 0.100. The fourth-order valence-electron chi connectivity index (χ4n) is 1.47. The van der Waals surface area contributed by atoms with Gasteiger partial charge in [-0.05, 0) is 6.07 Å². The molecule has 2 aromatic heterocycles. The molecule has 9 heteroatoms. The lowest BCUT2D eigenvalue weighted by atomic mass is 10.1. The molecule has 0 amide bonds. The third-order valence-electron chi connectivity index (χ3n) is 2.27. The van der Waals surface area contributed by atoms with Gasteiger partial charge in [0, 0.05) is 6.20 Å². The average Bonchev–Trinajstić information content (AvgIpc) is 2.38.